The van der Waals surface area contributed by atoms with Crippen LogP contribution in [0.4, 0.5) is 0 Å². The van der Waals surface area contributed by atoms with Crippen molar-refractivity contribution in [2.24, 2.45) is 0 Å². The van der Waals surface area contributed by atoms with Crippen LogP contribution in [0, 0.1) is 0 Å². The van der Waals surface area contributed by atoms with Crippen molar-refractivity contribution in [1.29, 1.82) is 0 Å². The average molecular weight is 226 g/mol. The van der Waals surface area contributed by atoms with E-state index in [-0.39, 0.29) is 8.62 Å². The Morgan fingerprint density at radius 3 is 1.83 bits per heavy atom. The summed E-state index contributed by atoms with van der Waals surface area (Å²) in [6.07, 6.45) is 0. The van der Waals surface area contributed by atoms with Crippen LogP contribution in [0.3, 0.4) is 0 Å². The van der Waals surface area contributed by atoms with E-state index in [1.807, 2.05) is 0 Å². The molecule has 0 amide bonds. The van der Waals surface area contributed by atoms with Gasteiger partial charge < -0.3 is 0 Å². The van der Waals surface area contributed by atoms with Crippen LogP contribution in [0.5, 0.6) is 0 Å². The molecule has 36 valence electrons. The molecule has 0 fully saturated rings. The Kier molecular flexibility index (Phi) is 2.80. The van der Waals surface area contributed by atoms with Crippen LogP contribution in [-0.2, 0) is 43.5 Å². The van der Waals surface area contributed by atoms with Gasteiger partial charge >= 0.3 is 52.1 Å². The van der Waals surface area contributed by atoms with Crippen molar-refractivity contribution in [1.82, 2.24) is 0 Å². The van der Waals surface area contributed by atoms with Gasteiger partial charge in [-0.25, -0.2) is 0 Å². The van der Waals surface area contributed by atoms with Gasteiger partial charge in [0.2, 0.25) is 0 Å². The van der Waals surface area contributed by atoms with E-state index in [0.717, 1.165) is 20.2 Å². The van der Waals surface area contributed by atoms with Crippen LogP contribution in [0.1, 0.15) is 0 Å². The van der Waals surface area contributed by atoms with E-state index in [1.165, 1.54) is 0 Å². The predicted octanol–water partition coefficient (Wildman–Crippen LogP) is -1.49. The van der Waals surface area contributed by atoms with Gasteiger partial charge in [0.05, 0.1) is 0 Å². The average Bonchev–Trinajstić information content (AvgIpc) is 1.35. The molecule has 6 heteroatoms. The molecule has 0 spiro atoms. The van der Waals surface area contributed by atoms with Crippen LogP contribution >= 0.6 is 0 Å². The molecule has 0 radical (unpaired) electrons. The zero-order chi connectivity index (χ0) is 5.21. The summed E-state index contributed by atoms with van der Waals surface area (Å²) in [5.41, 5.74) is 0. The first-order chi connectivity index (χ1) is 2.56. The Morgan fingerprint density at radius 1 is 1.67 bits per heavy atom. The second kappa shape index (κ2) is 2.38. The Bertz CT molecular complexity index is 113. The molecule has 0 unspecified atom stereocenters. The van der Waals surface area contributed by atoms with Gasteiger partial charge in [0, 0.05) is 0 Å². The van der Waals surface area contributed by atoms with Gasteiger partial charge in [-0.05, 0) is 0 Å². The molecule has 3 nitrogen and oxygen atoms in total. The summed E-state index contributed by atoms with van der Waals surface area (Å²) >= 11 is -2.63. The molecule has 0 aliphatic rings. The van der Waals surface area contributed by atoms with E-state index in [4.69, 9.17) is 0 Å². The van der Waals surface area contributed by atoms with Crippen LogP contribution in [-0.4, -0.2) is 8.62 Å². The minimum atomic E-state index is -3.77. The van der Waals surface area contributed by atoms with Gasteiger partial charge in [0.25, 0.3) is 0 Å². The quantitative estimate of drug-likeness (QED) is 0.511. The Labute approximate surface area is 52.0 Å². The van der Waals surface area contributed by atoms with Crippen molar-refractivity contribution in [3.05, 3.63) is 0 Å². The zero-order valence-corrected chi connectivity index (χ0v) is 8.48. The summed E-state index contributed by atoms with van der Waals surface area (Å²) in [7, 11) is 0.170. The third-order valence-electron chi connectivity index (χ3n) is 0.135. The Morgan fingerprint density at radius 2 is 1.83 bits per heavy atom. The van der Waals surface area contributed by atoms with Crippen molar-refractivity contribution < 1.29 is 43.5 Å². The van der Waals surface area contributed by atoms with Crippen molar-refractivity contribution in [3.63, 3.8) is 0 Å². The molecule has 0 heterocycles. The molecule has 0 aromatic heterocycles. The first-order valence-corrected chi connectivity index (χ1v) is 8.78. The molecule has 0 aromatic rings. The fourth-order valence-electron chi connectivity index (χ4n) is 0. The van der Waals surface area contributed by atoms with E-state index in [0.29, 0.717) is 0 Å². The molecule has 0 atom stereocenters. The van der Waals surface area contributed by atoms with E-state index < -0.39 is 13.6 Å². The fourth-order valence-corrected chi connectivity index (χ4v) is 0. The summed E-state index contributed by atoms with van der Waals surface area (Å²) in [6.45, 7) is 0. The topological polar surface area (TPSA) is 43.4 Å². The molecule has 0 aliphatic carbocycles. The van der Waals surface area contributed by atoms with Crippen LogP contribution < -0.4 is 0 Å². The van der Waals surface area contributed by atoms with E-state index in [1.54, 1.807) is 0 Å². The normalized spacial score (nSPS) is 12.0. The van der Waals surface area contributed by atoms with Gasteiger partial charge in [-0.1, -0.05) is 0 Å². The zero-order valence-electron chi connectivity index (χ0n) is 3.08. The van der Waals surface area contributed by atoms with Gasteiger partial charge in [0.15, 0.2) is 0 Å². The first kappa shape index (κ1) is 7.05. The first-order valence-electron chi connectivity index (χ1n) is 1.16. The standard InChI is InChI=1S/Mo.3O.H3Si.V/h;;;;1H3;. The summed E-state index contributed by atoms with van der Waals surface area (Å²) in [4.78, 5) is 0. The summed E-state index contributed by atoms with van der Waals surface area (Å²) in [6, 6.07) is 0. The fraction of sp³-hybridized carbons (Fsp3) is 0. The Balaban J connectivity index is 3.85. The molecule has 0 aliphatic heterocycles. The second-order valence-electron chi connectivity index (χ2n) is 0.846. The molecule has 6 heavy (non-hydrogen) atoms. The van der Waals surface area contributed by atoms with Gasteiger partial charge in [-0.2, -0.15) is 0 Å². The molecule has 0 saturated heterocycles. The minimum absolute atomic E-state index is 0.170. The van der Waals surface area contributed by atoms with Crippen molar-refractivity contribution in [3.8, 4) is 0 Å². The van der Waals surface area contributed by atoms with Crippen LogP contribution in [0.2, 0.25) is 0 Å². The number of hydrogen-bond acceptors (Lipinski definition) is 3. The molecule has 0 rings (SSSR count). The third-order valence-corrected chi connectivity index (χ3v) is 6.94. The Hall–Kier alpha value is 1.05. The van der Waals surface area contributed by atoms with Crippen molar-refractivity contribution >= 4 is 8.62 Å². The van der Waals surface area contributed by atoms with E-state index >= 15 is 0 Å². The van der Waals surface area contributed by atoms with E-state index in [9.17, 15) is 7.35 Å². The number of hydrogen-bond donors (Lipinski definition) is 0. The predicted molar refractivity (Wildman–Crippen MR) is 12.4 cm³/mol. The van der Waals surface area contributed by atoms with E-state index in [2.05, 4.69) is 2.32 Å². The second-order valence-corrected chi connectivity index (χ2v) is 9.52. The summed E-state index contributed by atoms with van der Waals surface area (Å²) in [5, 5.41) is 0. The molecule has 0 saturated carbocycles. The SMILES string of the molecule is [O]=[V](=[O])([SiH3])[O][Mo]. The summed E-state index contributed by atoms with van der Waals surface area (Å²) < 4.78 is 23.9. The molecular formula is H3MoO3SiV. The van der Waals surface area contributed by atoms with Gasteiger partial charge in [0.1, 0.15) is 0 Å². The van der Waals surface area contributed by atoms with Crippen molar-refractivity contribution in [2.45, 2.75) is 0 Å². The van der Waals surface area contributed by atoms with Crippen LogP contribution in [0.15, 0.2) is 0 Å². The maximum atomic E-state index is 9.93. The van der Waals surface area contributed by atoms with Gasteiger partial charge in [-0.3, -0.25) is 0 Å². The molecular weight excluding hydrogens is 223 g/mol. The van der Waals surface area contributed by atoms with Crippen molar-refractivity contribution in [2.75, 3.05) is 0 Å². The molecule has 0 aromatic carbocycles. The molecule has 0 bridgehead atoms. The monoisotopic (exact) mass is 228 g/mol. The number of rotatable bonds is 1. The maximum absolute atomic E-state index is 9.93. The summed E-state index contributed by atoms with van der Waals surface area (Å²) in [5.74, 6) is 0. The van der Waals surface area contributed by atoms with Crippen LogP contribution in [0.25, 0.3) is 0 Å². The third kappa shape index (κ3) is 5.05. The molecule has 0 N–H and O–H groups in total. The van der Waals surface area contributed by atoms with Gasteiger partial charge in [-0.15, -0.1) is 0 Å².